The Hall–Kier alpha value is -2.28. The molecule has 23 heavy (non-hydrogen) atoms. The highest BCUT2D eigenvalue weighted by Gasteiger charge is 2.12. The molecule has 0 aliphatic rings. The van der Waals surface area contributed by atoms with Crippen LogP contribution in [0.1, 0.15) is 24.5 Å². The van der Waals surface area contributed by atoms with E-state index in [0.717, 1.165) is 34.6 Å². The Morgan fingerprint density at radius 3 is 2.91 bits per heavy atom. The Morgan fingerprint density at radius 1 is 1.30 bits per heavy atom. The van der Waals surface area contributed by atoms with Crippen molar-refractivity contribution < 1.29 is 0 Å². The SMILES string of the molecule is CCCn1cnc2c(NCc3cc(S)ccc3C)nc(N)nc21. The minimum absolute atomic E-state index is 0.248. The Bertz CT molecular complexity index is 842. The summed E-state index contributed by atoms with van der Waals surface area (Å²) in [6, 6.07) is 6.08. The second-order valence-electron chi connectivity index (χ2n) is 5.50. The Morgan fingerprint density at radius 2 is 2.13 bits per heavy atom. The van der Waals surface area contributed by atoms with E-state index in [-0.39, 0.29) is 5.95 Å². The molecule has 0 saturated carbocycles. The molecule has 2 aromatic heterocycles. The lowest BCUT2D eigenvalue weighted by Gasteiger charge is -2.10. The van der Waals surface area contributed by atoms with E-state index in [1.807, 2.05) is 16.7 Å². The van der Waals surface area contributed by atoms with E-state index in [0.29, 0.717) is 12.4 Å². The number of hydrogen-bond acceptors (Lipinski definition) is 6. The fourth-order valence-electron chi connectivity index (χ4n) is 2.52. The summed E-state index contributed by atoms with van der Waals surface area (Å²) in [7, 11) is 0. The molecule has 0 radical (unpaired) electrons. The van der Waals surface area contributed by atoms with Crippen LogP contribution in [0.3, 0.4) is 0 Å². The number of hydrogen-bond donors (Lipinski definition) is 3. The highest BCUT2D eigenvalue weighted by Crippen LogP contribution is 2.22. The lowest BCUT2D eigenvalue weighted by Crippen LogP contribution is -2.07. The Balaban J connectivity index is 1.92. The van der Waals surface area contributed by atoms with Crippen LogP contribution in [0, 0.1) is 6.92 Å². The van der Waals surface area contributed by atoms with Crippen LogP contribution in [-0.2, 0) is 13.1 Å². The molecule has 3 N–H and O–H groups in total. The van der Waals surface area contributed by atoms with Crippen molar-refractivity contribution in [3.8, 4) is 0 Å². The minimum Gasteiger partial charge on any atom is -0.368 e. The molecule has 6 nitrogen and oxygen atoms in total. The van der Waals surface area contributed by atoms with Crippen molar-refractivity contribution in [1.82, 2.24) is 19.5 Å². The van der Waals surface area contributed by atoms with Crippen LogP contribution in [0.15, 0.2) is 29.4 Å². The summed E-state index contributed by atoms with van der Waals surface area (Å²) in [5, 5.41) is 3.33. The summed E-state index contributed by atoms with van der Waals surface area (Å²) in [5.74, 6) is 0.906. The van der Waals surface area contributed by atoms with Crippen molar-refractivity contribution >= 4 is 35.6 Å². The van der Waals surface area contributed by atoms with Gasteiger partial charge in [0.15, 0.2) is 17.0 Å². The van der Waals surface area contributed by atoms with Crippen molar-refractivity contribution in [2.24, 2.45) is 0 Å². The van der Waals surface area contributed by atoms with E-state index in [1.54, 1.807) is 6.33 Å². The normalized spacial score (nSPS) is 11.1. The van der Waals surface area contributed by atoms with Gasteiger partial charge in [-0.2, -0.15) is 9.97 Å². The molecule has 0 unspecified atom stereocenters. The van der Waals surface area contributed by atoms with Crippen molar-refractivity contribution in [3.05, 3.63) is 35.7 Å². The van der Waals surface area contributed by atoms with Gasteiger partial charge in [0, 0.05) is 18.0 Å². The third kappa shape index (κ3) is 3.24. The summed E-state index contributed by atoms with van der Waals surface area (Å²) in [6.07, 6.45) is 2.79. The maximum Gasteiger partial charge on any atom is 0.224 e. The van der Waals surface area contributed by atoms with Crippen LogP contribution in [0.4, 0.5) is 11.8 Å². The van der Waals surface area contributed by atoms with Gasteiger partial charge in [-0.1, -0.05) is 13.0 Å². The molecule has 0 atom stereocenters. The topological polar surface area (TPSA) is 81.7 Å². The molecule has 0 aliphatic heterocycles. The van der Waals surface area contributed by atoms with E-state index < -0.39 is 0 Å². The number of benzene rings is 1. The number of nitrogens with two attached hydrogens (primary N) is 1. The van der Waals surface area contributed by atoms with Crippen LogP contribution in [0.25, 0.3) is 11.2 Å². The first-order chi connectivity index (χ1) is 11.1. The maximum atomic E-state index is 5.86. The summed E-state index contributed by atoms with van der Waals surface area (Å²) in [4.78, 5) is 14.0. The Labute approximate surface area is 140 Å². The quantitative estimate of drug-likeness (QED) is 0.627. The van der Waals surface area contributed by atoms with E-state index in [2.05, 4.69) is 52.8 Å². The van der Waals surface area contributed by atoms with E-state index in [9.17, 15) is 0 Å². The molecule has 0 aliphatic carbocycles. The number of anilines is 2. The second-order valence-corrected chi connectivity index (χ2v) is 6.02. The number of imidazole rings is 1. The zero-order valence-corrected chi connectivity index (χ0v) is 14.1. The van der Waals surface area contributed by atoms with Crippen LogP contribution >= 0.6 is 12.6 Å². The average molecular weight is 328 g/mol. The van der Waals surface area contributed by atoms with Gasteiger partial charge >= 0.3 is 0 Å². The Kier molecular flexibility index (Phi) is 4.38. The third-order valence-corrected chi connectivity index (χ3v) is 4.00. The highest BCUT2D eigenvalue weighted by molar-refractivity contribution is 7.80. The standard InChI is InChI=1S/C16H20N6S/c1-3-6-22-9-19-13-14(20-16(17)21-15(13)22)18-8-11-7-12(23)5-4-10(11)2/h4-5,7,9,23H,3,6,8H2,1-2H3,(H3,17,18,20,21). The number of fused-ring (bicyclic) bond motifs is 1. The summed E-state index contributed by atoms with van der Waals surface area (Å²) >= 11 is 4.39. The molecule has 3 aromatic rings. The molecule has 0 fully saturated rings. The average Bonchev–Trinajstić information content (AvgIpc) is 2.91. The largest absolute Gasteiger partial charge is 0.368 e. The van der Waals surface area contributed by atoms with E-state index >= 15 is 0 Å². The third-order valence-electron chi connectivity index (χ3n) is 3.72. The van der Waals surface area contributed by atoms with Gasteiger partial charge in [0.2, 0.25) is 5.95 Å². The second kappa shape index (κ2) is 6.45. The van der Waals surface area contributed by atoms with Crippen LogP contribution in [-0.4, -0.2) is 19.5 Å². The van der Waals surface area contributed by atoms with Gasteiger partial charge in [0.25, 0.3) is 0 Å². The van der Waals surface area contributed by atoms with Gasteiger partial charge in [-0.25, -0.2) is 4.98 Å². The number of aromatic nitrogens is 4. The van der Waals surface area contributed by atoms with Crippen LogP contribution in [0.2, 0.25) is 0 Å². The molecule has 1 aromatic carbocycles. The molecule has 3 rings (SSSR count). The molecular formula is C16H20N6S. The van der Waals surface area contributed by atoms with Crippen molar-refractivity contribution in [2.75, 3.05) is 11.1 Å². The monoisotopic (exact) mass is 328 g/mol. The molecule has 7 heteroatoms. The van der Waals surface area contributed by atoms with Gasteiger partial charge in [-0.05, 0) is 36.6 Å². The highest BCUT2D eigenvalue weighted by atomic mass is 32.1. The number of nitrogens with one attached hydrogen (secondary N) is 1. The molecule has 120 valence electrons. The van der Waals surface area contributed by atoms with Gasteiger partial charge < -0.3 is 15.6 Å². The van der Waals surface area contributed by atoms with Gasteiger partial charge in [-0.15, -0.1) is 12.6 Å². The summed E-state index contributed by atoms with van der Waals surface area (Å²) in [5.41, 5.74) is 9.73. The lowest BCUT2D eigenvalue weighted by atomic mass is 10.1. The first-order valence-corrected chi connectivity index (χ1v) is 8.04. The molecular weight excluding hydrogens is 308 g/mol. The zero-order valence-electron chi connectivity index (χ0n) is 13.2. The molecule has 0 saturated heterocycles. The van der Waals surface area contributed by atoms with E-state index in [1.165, 1.54) is 5.56 Å². The van der Waals surface area contributed by atoms with Crippen LogP contribution < -0.4 is 11.1 Å². The van der Waals surface area contributed by atoms with Crippen molar-refractivity contribution in [3.63, 3.8) is 0 Å². The molecule has 2 heterocycles. The number of aryl methyl sites for hydroxylation is 2. The summed E-state index contributed by atoms with van der Waals surface area (Å²) in [6.45, 7) is 5.67. The maximum absolute atomic E-state index is 5.86. The minimum atomic E-state index is 0.248. The first-order valence-electron chi connectivity index (χ1n) is 7.59. The number of nitrogen functional groups attached to an aromatic ring is 1. The molecule has 0 bridgehead atoms. The summed E-state index contributed by atoms with van der Waals surface area (Å²) < 4.78 is 2.00. The fourth-order valence-corrected chi connectivity index (χ4v) is 2.75. The predicted octanol–water partition coefficient (Wildman–Crippen LogP) is 3.03. The molecule has 0 spiro atoms. The molecule has 0 amide bonds. The zero-order chi connectivity index (χ0) is 16.4. The first kappa shape index (κ1) is 15.6. The lowest BCUT2D eigenvalue weighted by molar-refractivity contribution is 0.691. The number of rotatable bonds is 5. The van der Waals surface area contributed by atoms with Gasteiger partial charge in [0.1, 0.15) is 0 Å². The number of nitrogens with zero attached hydrogens (tertiary/aromatic N) is 4. The predicted molar refractivity (Wildman–Crippen MR) is 95.8 cm³/mol. The van der Waals surface area contributed by atoms with Gasteiger partial charge in [0.05, 0.1) is 6.33 Å². The van der Waals surface area contributed by atoms with Crippen molar-refractivity contribution in [2.45, 2.75) is 38.3 Å². The fraction of sp³-hybridized carbons (Fsp3) is 0.312. The van der Waals surface area contributed by atoms with Crippen molar-refractivity contribution in [1.29, 1.82) is 0 Å². The van der Waals surface area contributed by atoms with E-state index in [4.69, 9.17) is 5.73 Å². The number of thiol groups is 1. The van der Waals surface area contributed by atoms with Gasteiger partial charge in [-0.3, -0.25) is 0 Å². The smallest absolute Gasteiger partial charge is 0.224 e. The van der Waals surface area contributed by atoms with Crippen LogP contribution in [0.5, 0.6) is 0 Å².